The molecule has 1 unspecified atom stereocenters. The van der Waals surface area contributed by atoms with E-state index >= 15 is 0 Å². The number of aliphatic carboxylic acids is 1. The maximum absolute atomic E-state index is 11.9. The summed E-state index contributed by atoms with van der Waals surface area (Å²) in [4.78, 5) is 22.7. The predicted molar refractivity (Wildman–Crippen MR) is 75.6 cm³/mol. The third-order valence-electron chi connectivity index (χ3n) is 2.93. The third-order valence-corrected chi connectivity index (χ3v) is 2.93. The van der Waals surface area contributed by atoms with Crippen LogP contribution in [0.5, 0.6) is 5.75 Å². The first-order valence-corrected chi connectivity index (χ1v) is 6.67. The molecule has 0 saturated carbocycles. The van der Waals surface area contributed by atoms with Crippen LogP contribution in [0.15, 0.2) is 24.3 Å². The molecule has 1 aromatic rings. The maximum Gasteiger partial charge on any atom is 0.303 e. The van der Waals surface area contributed by atoms with E-state index in [2.05, 4.69) is 5.32 Å². The number of rotatable bonds is 7. The lowest BCUT2D eigenvalue weighted by Crippen LogP contribution is -2.31. The second kappa shape index (κ2) is 7.53. The fraction of sp³-hybridized carbons (Fsp3) is 0.467. The van der Waals surface area contributed by atoms with Gasteiger partial charge in [0.25, 0.3) is 5.91 Å². The van der Waals surface area contributed by atoms with Gasteiger partial charge in [0.2, 0.25) is 0 Å². The molecule has 0 aliphatic carbocycles. The first-order chi connectivity index (χ1) is 9.38. The Morgan fingerprint density at radius 3 is 2.55 bits per heavy atom. The average molecular weight is 279 g/mol. The lowest BCUT2D eigenvalue weighted by Gasteiger charge is -2.17. The van der Waals surface area contributed by atoms with E-state index in [0.29, 0.717) is 18.0 Å². The van der Waals surface area contributed by atoms with Crippen LogP contribution < -0.4 is 5.32 Å². The molecule has 0 aromatic heterocycles. The number of carboxylic acids is 1. The van der Waals surface area contributed by atoms with Crippen molar-refractivity contribution in [2.45, 2.75) is 26.7 Å². The first kappa shape index (κ1) is 16.0. The lowest BCUT2D eigenvalue weighted by atomic mass is 9.94. The van der Waals surface area contributed by atoms with E-state index in [1.807, 2.05) is 13.8 Å². The van der Waals surface area contributed by atoms with Gasteiger partial charge in [0.05, 0.1) is 0 Å². The molecule has 20 heavy (non-hydrogen) atoms. The molecule has 0 bridgehead atoms. The zero-order chi connectivity index (χ0) is 15.1. The van der Waals surface area contributed by atoms with Gasteiger partial charge in [0.1, 0.15) is 5.75 Å². The van der Waals surface area contributed by atoms with Gasteiger partial charge in [-0.15, -0.1) is 0 Å². The van der Waals surface area contributed by atoms with Crippen molar-refractivity contribution in [2.75, 3.05) is 6.54 Å². The van der Waals surface area contributed by atoms with E-state index in [4.69, 9.17) is 5.11 Å². The predicted octanol–water partition coefficient (Wildman–Crippen LogP) is 2.26. The van der Waals surface area contributed by atoms with Crippen LogP contribution in [0.1, 0.15) is 37.0 Å². The Balaban J connectivity index is 2.57. The van der Waals surface area contributed by atoms with Gasteiger partial charge in [-0.3, -0.25) is 9.59 Å². The zero-order valence-electron chi connectivity index (χ0n) is 11.8. The molecule has 0 saturated heterocycles. The largest absolute Gasteiger partial charge is 0.508 e. The standard InChI is InChI=1S/C15H21NO4/c1-10(2)6-11(7-14(18)19)9-16-15(20)12-4-3-5-13(17)8-12/h3-5,8,10-11,17H,6-7,9H2,1-2H3,(H,16,20)(H,18,19). The number of benzene rings is 1. The number of hydrogen-bond acceptors (Lipinski definition) is 3. The van der Waals surface area contributed by atoms with Crippen LogP contribution in [0, 0.1) is 11.8 Å². The lowest BCUT2D eigenvalue weighted by molar-refractivity contribution is -0.138. The highest BCUT2D eigenvalue weighted by Crippen LogP contribution is 2.15. The van der Waals surface area contributed by atoms with Crippen molar-refractivity contribution < 1.29 is 19.8 Å². The number of aromatic hydroxyl groups is 1. The van der Waals surface area contributed by atoms with Gasteiger partial charge >= 0.3 is 5.97 Å². The van der Waals surface area contributed by atoms with Crippen molar-refractivity contribution in [1.29, 1.82) is 0 Å². The summed E-state index contributed by atoms with van der Waals surface area (Å²) >= 11 is 0. The molecule has 0 spiro atoms. The Morgan fingerprint density at radius 1 is 1.30 bits per heavy atom. The number of carbonyl (C=O) groups excluding carboxylic acids is 1. The second-order valence-corrected chi connectivity index (χ2v) is 5.35. The summed E-state index contributed by atoms with van der Waals surface area (Å²) in [6.45, 7) is 4.36. The summed E-state index contributed by atoms with van der Waals surface area (Å²) in [7, 11) is 0. The molecule has 0 radical (unpaired) electrons. The number of amides is 1. The number of carbonyl (C=O) groups is 2. The number of phenols is 1. The van der Waals surface area contributed by atoms with Crippen LogP contribution in [-0.4, -0.2) is 28.6 Å². The quantitative estimate of drug-likeness (QED) is 0.714. The monoisotopic (exact) mass is 279 g/mol. The van der Waals surface area contributed by atoms with Gasteiger partial charge in [-0.25, -0.2) is 0 Å². The topological polar surface area (TPSA) is 86.6 Å². The van der Waals surface area contributed by atoms with Crippen molar-refractivity contribution >= 4 is 11.9 Å². The van der Waals surface area contributed by atoms with Gasteiger partial charge in [0, 0.05) is 18.5 Å². The number of carboxylic acid groups (broad SMARTS) is 1. The minimum absolute atomic E-state index is 0.0296. The van der Waals surface area contributed by atoms with E-state index in [-0.39, 0.29) is 24.0 Å². The van der Waals surface area contributed by atoms with Crippen molar-refractivity contribution in [3.63, 3.8) is 0 Å². The molecule has 1 atom stereocenters. The molecule has 0 fully saturated rings. The van der Waals surface area contributed by atoms with E-state index < -0.39 is 5.97 Å². The van der Waals surface area contributed by atoms with E-state index in [1.54, 1.807) is 12.1 Å². The number of hydrogen-bond donors (Lipinski definition) is 3. The molecule has 5 nitrogen and oxygen atoms in total. The highest BCUT2D eigenvalue weighted by atomic mass is 16.4. The van der Waals surface area contributed by atoms with Crippen LogP contribution in [-0.2, 0) is 4.79 Å². The van der Waals surface area contributed by atoms with Gasteiger partial charge in [-0.1, -0.05) is 19.9 Å². The van der Waals surface area contributed by atoms with Crippen molar-refractivity contribution in [3.8, 4) is 5.75 Å². The molecule has 1 aromatic carbocycles. The van der Waals surface area contributed by atoms with Crippen LogP contribution >= 0.6 is 0 Å². The van der Waals surface area contributed by atoms with E-state index in [9.17, 15) is 14.7 Å². The molecule has 1 rings (SSSR count). The summed E-state index contributed by atoms with van der Waals surface area (Å²) < 4.78 is 0. The Morgan fingerprint density at radius 2 is 2.00 bits per heavy atom. The summed E-state index contributed by atoms with van der Waals surface area (Å²) in [5.41, 5.74) is 0.364. The maximum atomic E-state index is 11.9. The van der Waals surface area contributed by atoms with Gasteiger partial charge < -0.3 is 15.5 Å². The van der Waals surface area contributed by atoms with Crippen molar-refractivity contribution in [2.24, 2.45) is 11.8 Å². The van der Waals surface area contributed by atoms with Crippen LogP contribution in [0.4, 0.5) is 0 Å². The number of phenolic OH excluding ortho intramolecular Hbond substituents is 1. The minimum atomic E-state index is -0.859. The minimum Gasteiger partial charge on any atom is -0.508 e. The Bertz CT molecular complexity index is 471. The second-order valence-electron chi connectivity index (χ2n) is 5.35. The van der Waals surface area contributed by atoms with Crippen molar-refractivity contribution in [3.05, 3.63) is 29.8 Å². The van der Waals surface area contributed by atoms with Gasteiger partial charge in [-0.05, 0) is 36.5 Å². The SMILES string of the molecule is CC(C)CC(CNC(=O)c1cccc(O)c1)CC(=O)O. The summed E-state index contributed by atoms with van der Waals surface area (Å²) in [5, 5.41) is 20.9. The van der Waals surface area contributed by atoms with Crippen molar-refractivity contribution in [1.82, 2.24) is 5.32 Å². The molecule has 5 heteroatoms. The average Bonchev–Trinajstić information content (AvgIpc) is 2.34. The fourth-order valence-electron chi connectivity index (χ4n) is 2.14. The molecular formula is C15H21NO4. The summed E-state index contributed by atoms with van der Waals surface area (Å²) in [5.74, 6) is -0.852. The fourth-order valence-corrected chi connectivity index (χ4v) is 2.14. The first-order valence-electron chi connectivity index (χ1n) is 6.67. The van der Waals surface area contributed by atoms with Crippen LogP contribution in [0.25, 0.3) is 0 Å². The molecular weight excluding hydrogens is 258 g/mol. The van der Waals surface area contributed by atoms with Crippen LogP contribution in [0.2, 0.25) is 0 Å². The molecule has 0 heterocycles. The highest BCUT2D eigenvalue weighted by Gasteiger charge is 2.16. The summed E-state index contributed by atoms with van der Waals surface area (Å²) in [6, 6.07) is 6.06. The molecule has 1 amide bonds. The third kappa shape index (κ3) is 5.73. The van der Waals surface area contributed by atoms with Crippen LogP contribution in [0.3, 0.4) is 0 Å². The smallest absolute Gasteiger partial charge is 0.303 e. The molecule has 3 N–H and O–H groups in total. The molecule has 0 aliphatic heterocycles. The summed E-state index contributed by atoms with van der Waals surface area (Å²) in [6.07, 6.45) is 0.783. The van der Waals surface area contributed by atoms with Gasteiger partial charge in [0.15, 0.2) is 0 Å². The normalized spacial score (nSPS) is 12.2. The molecule has 0 aliphatic rings. The number of nitrogens with one attached hydrogen (secondary N) is 1. The Labute approximate surface area is 118 Å². The zero-order valence-corrected chi connectivity index (χ0v) is 11.8. The Kier molecular flexibility index (Phi) is 6.03. The highest BCUT2D eigenvalue weighted by molar-refractivity contribution is 5.94. The molecule has 110 valence electrons. The Hall–Kier alpha value is -2.04. The van der Waals surface area contributed by atoms with E-state index in [0.717, 1.165) is 6.42 Å². The van der Waals surface area contributed by atoms with Gasteiger partial charge in [-0.2, -0.15) is 0 Å². The van der Waals surface area contributed by atoms with E-state index in [1.165, 1.54) is 12.1 Å².